The summed E-state index contributed by atoms with van der Waals surface area (Å²) in [6.45, 7) is 3.09. The molecule has 7 heteroatoms. The van der Waals surface area contributed by atoms with Crippen LogP contribution in [0.2, 0.25) is 0 Å². The van der Waals surface area contributed by atoms with Gasteiger partial charge in [0.05, 0.1) is 10.7 Å². The minimum atomic E-state index is -4.31. The molecule has 1 aromatic rings. The molecule has 92 valence electrons. The third-order valence-corrected chi connectivity index (χ3v) is 3.58. The van der Waals surface area contributed by atoms with E-state index in [1.807, 2.05) is 0 Å². The van der Waals surface area contributed by atoms with Crippen molar-refractivity contribution in [1.82, 2.24) is 9.78 Å². The Labute approximate surface area is 96.2 Å². The first kappa shape index (κ1) is 13.4. The average Bonchev–Trinajstić information content (AvgIpc) is 2.38. The SMILES string of the molecule is Cc1cc(SC(C(C)N)C(F)(F)F)n(C)n1. The Hall–Kier alpha value is -0.690. The summed E-state index contributed by atoms with van der Waals surface area (Å²) in [5.41, 5.74) is 6.05. The van der Waals surface area contributed by atoms with Crippen molar-refractivity contribution in [1.29, 1.82) is 0 Å². The molecule has 1 aromatic heterocycles. The van der Waals surface area contributed by atoms with Crippen molar-refractivity contribution in [3.05, 3.63) is 11.8 Å². The number of hydrogen-bond donors (Lipinski definition) is 1. The normalized spacial score (nSPS) is 16.2. The second kappa shape index (κ2) is 4.67. The number of aromatic nitrogens is 2. The fourth-order valence-electron chi connectivity index (χ4n) is 1.30. The molecule has 3 nitrogen and oxygen atoms in total. The first-order valence-corrected chi connectivity index (χ1v) is 5.59. The number of aryl methyl sites for hydroxylation is 2. The second-order valence-electron chi connectivity index (χ2n) is 3.69. The predicted molar refractivity (Wildman–Crippen MR) is 57.3 cm³/mol. The molecule has 0 bridgehead atoms. The summed E-state index contributed by atoms with van der Waals surface area (Å²) >= 11 is 0.702. The molecule has 0 aliphatic rings. The maximum atomic E-state index is 12.7. The van der Waals surface area contributed by atoms with Crippen molar-refractivity contribution in [3.8, 4) is 0 Å². The zero-order valence-corrected chi connectivity index (χ0v) is 10.1. The molecule has 0 radical (unpaired) electrons. The monoisotopic (exact) mass is 253 g/mol. The van der Waals surface area contributed by atoms with Gasteiger partial charge in [0, 0.05) is 13.1 Å². The summed E-state index contributed by atoms with van der Waals surface area (Å²) in [4.78, 5) is 0. The Morgan fingerprint density at radius 1 is 1.50 bits per heavy atom. The number of rotatable bonds is 3. The molecule has 0 amide bonds. The molecule has 16 heavy (non-hydrogen) atoms. The molecule has 2 unspecified atom stereocenters. The van der Waals surface area contributed by atoms with Crippen LogP contribution in [0.5, 0.6) is 0 Å². The van der Waals surface area contributed by atoms with Gasteiger partial charge in [0.15, 0.2) is 0 Å². The van der Waals surface area contributed by atoms with Crippen LogP contribution >= 0.6 is 11.8 Å². The van der Waals surface area contributed by atoms with Gasteiger partial charge in [-0.2, -0.15) is 18.3 Å². The maximum absolute atomic E-state index is 12.7. The smallest absolute Gasteiger partial charge is 0.327 e. The average molecular weight is 253 g/mol. The van der Waals surface area contributed by atoms with Gasteiger partial charge in [0.1, 0.15) is 5.25 Å². The molecular weight excluding hydrogens is 239 g/mol. The molecule has 0 aromatic carbocycles. The van der Waals surface area contributed by atoms with Crippen molar-refractivity contribution in [2.24, 2.45) is 12.8 Å². The van der Waals surface area contributed by atoms with Crippen LogP contribution in [0.4, 0.5) is 13.2 Å². The van der Waals surface area contributed by atoms with Gasteiger partial charge in [-0.1, -0.05) is 11.8 Å². The van der Waals surface area contributed by atoms with Gasteiger partial charge in [-0.25, -0.2) is 0 Å². The number of halogens is 3. The fraction of sp³-hybridized carbons (Fsp3) is 0.667. The van der Waals surface area contributed by atoms with Gasteiger partial charge in [-0.15, -0.1) is 0 Å². The molecule has 1 rings (SSSR count). The fourth-order valence-corrected chi connectivity index (χ4v) is 2.34. The Kier molecular flexibility index (Phi) is 3.90. The minimum absolute atomic E-state index is 0.470. The van der Waals surface area contributed by atoms with Crippen LogP contribution in [0.3, 0.4) is 0 Å². The Morgan fingerprint density at radius 3 is 2.38 bits per heavy atom. The lowest BCUT2D eigenvalue weighted by molar-refractivity contribution is -0.131. The summed E-state index contributed by atoms with van der Waals surface area (Å²) < 4.78 is 39.4. The Balaban J connectivity index is 2.88. The zero-order chi connectivity index (χ0) is 12.5. The van der Waals surface area contributed by atoms with Crippen LogP contribution < -0.4 is 5.73 Å². The molecule has 0 aliphatic carbocycles. The van der Waals surface area contributed by atoms with Crippen LogP contribution in [0.15, 0.2) is 11.1 Å². The molecule has 0 saturated heterocycles. The zero-order valence-electron chi connectivity index (χ0n) is 9.25. The topological polar surface area (TPSA) is 43.8 Å². The van der Waals surface area contributed by atoms with E-state index in [1.165, 1.54) is 11.6 Å². The number of thioether (sulfide) groups is 1. The van der Waals surface area contributed by atoms with Crippen molar-refractivity contribution < 1.29 is 13.2 Å². The Bertz CT molecular complexity index is 359. The highest BCUT2D eigenvalue weighted by atomic mass is 32.2. The van der Waals surface area contributed by atoms with Crippen molar-refractivity contribution >= 4 is 11.8 Å². The second-order valence-corrected chi connectivity index (χ2v) is 4.85. The van der Waals surface area contributed by atoms with E-state index in [4.69, 9.17) is 5.73 Å². The van der Waals surface area contributed by atoms with Crippen LogP contribution in [0, 0.1) is 6.92 Å². The number of alkyl halides is 3. The number of nitrogens with two attached hydrogens (primary N) is 1. The highest BCUT2D eigenvalue weighted by Crippen LogP contribution is 2.36. The van der Waals surface area contributed by atoms with Gasteiger partial charge in [-0.05, 0) is 19.9 Å². The summed E-state index contributed by atoms with van der Waals surface area (Å²) in [6, 6.07) is 0.659. The Morgan fingerprint density at radius 2 is 2.06 bits per heavy atom. The van der Waals surface area contributed by atoms with Crippen molar-refractivity contribution in [3.63, 3.8) is 0 Å². The summed E-state index contributed by atoms with van der Waals surface area (Å²) in [7, 11) is 1.62. The van der Waals surface area contributed by atoms with E-state index in [0.717, 1.165) is 0 Å². The number of nitrogens with zero attached hydrogens (tertiary/aromatic N) is 2. The third kappa shape index (κ3) is 3.15. The van der Waals surface area contributed by atoms with Gasteiger partial charge in [0.2, 0.25) is 0 Å². The molecule has 0 saturated carbocycles. The molecule has 0 aliphatic heterocycles. The first-order valence-electron chi connectivity index (χ1n) is 4.71. The van der Waals surface area contributed by atoms with E-state index in [9.17, 15) is 13.2 Å². The summed E-state index contributed by atoms with van der Waals surface area (Å²) in [5, 5.41) is 2.85. The molecule has 0 fully saturated rings. The van der Waals surface area contributed by atoms with Crippen LogP contribution in [-0.2, 0) is 7.05 Å². The van der Waals surface area contributed by atoms with E-state index in [2.05, 4.69) is 5.10 Å². The first-order chi connectivity index (χ1) is 7.21. The lowest BCUT2D eigenvalue weighted by Crippen LogP contribution is -2.40. The van der Waals surface area contributed by atoms with E-state index in [1.54, 1.807) is 20.0 Å². The largest absolute Gasteiger partial charge is 0.402 e. The van der Waals surface area contributed by atoms with Crippen molar-refractivity contribution in [2.45, 2.75) is 36.3 Å². The van der Waals surface area contributed by atoms with Gasteiger partial charge >= 0.3 is 6.18 Å². The highest BCUT2D eigenvalue weighted by molar-refractivity contribution is 8.00. The predicted octanol–water partition coefficient (Wildman–Crippen LogP) is 2.10. The summed E-state index contributed by atoms with van der Waals surface area (Å²) in [6.07, 6.45) is -4.31. The van der Waals surface area contributed by atoms with Crippen LogP contribution in [0.1, 0.15) is 12.6 Å². The number of hydrogen-bond acceptors (Lipinski definition) is 3. The lowest BCUT2D eigenvalue weighted by atomic mass is 10.2. The highest BCUT2D eigenvalue weighted by Gasteiger charge is 2.43. The molecule has 2 atom stereocenters. The van der Waals surface area contributed by atoms with Gasteiger partial charge in [0.25, 0.3) is 0 Å². The molecule has 2 N–H and O–H groups in total. The van der Waals surface area contributed by atoms with Crippen LogP contribution in [0.25, 0.3) is 0 Å². The van der Waals surface area contributed by atoms with Crippen molar-refractivity contribution in [2.75, 3.05) is 0 Å². The minimum Gasteiger partial charge on any atom is -0.327 e. The van der Waals surface area contributed by atoms with E-state index >= 15 is 0 Å². The van der Waals surface area contributed by atoms with Gasteiger partial charge < -0.3 is 5.73 Å². The molecule has 0 spiro atoms. The van der Waals surface area contributed by atoms with Crippen LogP contribution in [-0.4, -0.2) is 27.2 Å². The molecular formula is C9H14F3N3S. The maximum Gasteiger partial charge on any atom is 0.402 e. The van der Waals surface area contributed by atoms with E-state index < -0.39 is 17.5 Å². The van der Waals surface area contributed by atoms with Gasteiger partial charge in [-0.3, -0.25) is 4.68 Å². The van der Waals surface area contributed by atoms with E-state index in [-0.39, 0.29) is 0 Å². The van der Waals surface area contributed by atoms with E-state index in [0.29, 0.717) is 22.5 Å². The third-order valence-electron chi connectivity index (χ3n) is 2.01. The molecule has 1 heterocycles. The summed E-state index contributed by atoms with van der Waals surface area (Å²) in [5.74, 6) is 0. The quantitative estimate of drug-likeness (QED) is 0.839. The lowest BCUT2D eigenvalue weighted by Gasteiger charge is -2.22. The standard InChI is InChI=1S/C9H14F3N3S/c1-5-4-7(15(3)14-5)16-8(6(2)13)9(10,11)12/h4,6,8H,13H2,1-3H3.